The highest BCUT2D eigenvalue weighted by molar-refractivity contribution is 9.10. The Balaban J connectivity index is 2.03. The Bertz CT molecular complexity index is 750. The summed E-state index contributed by atoms with van der Waals surface area (Å²) in [4.78, 5) is 3.23. The number of nitrogens with two attached hydrogens (primary N) is 1. The van der Waals surface area contributed by atoms with E-state index in [4.69, 9.17) is 5.73 Å². The van der Waals surface area contributed by atoms with E-state index in [2.05, 4.69) is 48.2 Å². The number of hydrogen-bond acceptors (Lipinski definition) is 2. The van der Waals surface area contributed by atoms with E-state index in [0.29, 0.717) is 5.69 Å². The average molecular weight is 381 g/mol. The molecule has 3 rings (SSSR count). The first-order valence-corrected chi connectivity index (χ1v) is 7.31. The molecule has 3 nitrogen and oxygen atoms in total. The van der Waals surface area contributed by atoms with Crippen LogP contribution >= 0.6 is 31.9 Å². The van der Waals surface area contributed by atoms with Crippen LogP contribution in [0.2, 0.25) is 0 Å². The van der Waals surface area contributed by atoms with Gasteiger partial charge in [-0.05, 0) is 36.4 Å². The van der Waals surface area contributed by atoms with Gasteiger partial charge in [0.05, 0.1) is 17.1 Å². The van der Waals surface area contributed by atoms with E-state index in [1.165, 1.54) is 0 Å². The van der Waals surface area contributed by atoms with Crippen molar-refractivity contribution >= 4 is 59.8 Å². The molecule has 0 radical (unpaired) electrons. The minimum absolute atomic E-state index is 0.707. The van der Waals surface area contributed by atoms with Crippen molar-refractivity contribution in [3.63, 3.8) is 0 Å². The fraction of sp³-hybridized carbons (Fsp3) is 0. The predicted molar refractivity (Wildman–Crippen MR) is 87.8 cm³/mol. The summed E-state index contributed by atoms with van der Waals surface area (Å²) < 4.78 is 2.02. The number of aromatic nitrogens is 1. The molecule has 0 saturated heterocycles. The largest absolute Gasteiger partial charge is 0.397 e. The van der Waals surface area contributed by atoms with Gasteiger partial charge in [0.1, 0.15) is 0 Å². The summed E-state index contributed by atoms with van der Waals surface area (Å²) in [7, 11) is 0. The summed E-state index contributed by atoms with van der Waals surface area (Å²) in [6.45, 7) is 0. The van der Waals surface area contributed by atoms with Crippen molar-refractivity contribution in [2.75, 3.05) is 11.1 Å². The molecule has 0 aliphatic heterocycles. The van der Waals surface area contributed by atoms with Crippen molar-refractivity contribution in [2.45, 2.75) is 0 Å². The van der Waals surface area contributed by atoms with Gasteiger partial charge in [-0.3, -0.25) is 0 Å². The Morgan fingerprint density at radius 2 is 1.68 bits per heavy atom. The van der Waals surface area contributed by atoms with Gasteiger partial charge in [-0.1, -0.05) is 31.9 Å². The van der Waals surface area contributed by atoms with E-state index in [0.717, 1.165) is 31.2 Å². The van der Waals surface area contributed by atoms with E-state index in [-0.39, 0.29) is 0 Å². The number of fused-ring (bicyclic) bond motifs is 1. The first-order chi connectivity index (χ1) is 9.13. The molecule has 1 aromatic heterocycles. The Labute approximate surface area is 127 Å². The summed E-state index contributed by atoms with van der Waals surface area (Å²) in [5.74, 6) is 0. The number of nitrogens with one attached hydrogen (secondary N) is 2. The predicted octanol–water partition coefficient (Wildman–Crippen LogP) is 5.02. The number of hydrogen-bond donors (Lipinski definition) is 3. The maximum atomic E-state index is 6.00. The third-order valence-electron chi connectivity index (χ3n) is 2.93. The van der Waals surface area contributed by atoms with Crippen LogP contribution in [0.3, 0.4) is 0 Å². The van der Waals surface area contributed by atoms with Gasteiger partial charge in [0.2, 0.25) is 0 Å². The first kappa shape index (κ1) is 12.6. The minimum atomic E-state index is 0.707. The van der Waals surface area contributed by atoms with Gasteiger partial charge < -0.3 is 16.0 Å². The highest BCUT2D eigenvalue weighted by atomic mass is 79.9. The minimum Gasteiger partial charge on any atom is -0.397 e. The summed E-state index contributed by atoms with van der Waals surface area (Å²) >= 11 is 6.89. The van der Waals surface area contributed by atoms with Gasteiger partial charge in [0.25, 0.3) is 0 Å². The lowest BCUT2D eigenvalue weighted by Gasteiger charge is -2.08. The smallest absolute Gasteiger partial charge is 0.0642 e. The van der Waals surface area contributed by atoms with E-state index >= 15 is 0 Å². The number of rotatable bonds is 2. The van der Waals surface area contributed by atoms with Crippen LogP contribution in [0, 0.1) is 0 Å². The van der Waals surface area contributed by atoms with Crippen LogP contribution in [0.4, 0.5) is 17.1 Å². The molecule has 0 atom stereocenters. The quantitative estimate of drug-likeness (QED) is 0.546. The van der Waals surface area contributed by atoms with Crippen LogP contribution in [0.25, 0.3) is 10.9 Å². The van der Waals surface area contributed by atoms with Crippen molar-refractivity contribution in [2.24, 2.45) is 0 Å². The van der Waals surface area contributed by atoms with Gasteiger partial charge in [-0.15, -0.1) is 0 Å². The normalized spacial score (nSPS) is 10.8. The molecule has 0 aliphatic carbocycles. The Hall–Kier alpha value is -1.46. The third kappa shape index (κ3) is 2.48. The maximum Gasteiger partial charge on any atom is 0.0642 e. The third-order valence-corrected chi connectivity index (χ3v) is 3.91. The summed E-state index contributed by atoms with van der Waals surface area (Å²) in [6, 6.07) is 11.9. The van der Waals surface area contributed by atoms with Crippen molar-refractivity contribution < 1.29 is 0 Å². The molecule has 4 N–H and O–H groups in total. The molecule has 2 aromatic carbocycles. The van der Waals surface area contributed by atoms with E-state index in [1.807, 2.05) is 36.5 Å². The van der Waals surface area contributed by atoms with Crippen LogP contribution < -0.4 is 11.1 Å². The lowest BCUT2D eigenvalue weighted by molar-refractivity contribution is 1.46. The zero-order chi connectivity index (χ0) is 13.4. The Morgan fingerprint density at radius 1 is 0.947 bits per heavy atom. The molecule has 5 heteroatoms. The molecule has 3 aromatic rings. The highest BCUT2D eigenvalue weighted by Gasteiger charge is 2.06. The topological polar surface area (TPSA) is 53.8 Å². The van der Waals surface area contributed by atoms with Crippen molar-refractivity contribution in [3.05, 3.63) is 51.5 Å². The van der Waals surface area contributed by atoms with Gasteiger partial charge in [0, 0.05) is 26.0 Å². The van der Waals surface area contributed by atoms with Gasteiger partial charge in [-0.2, -0.15) is 0 Å². The average Bonchev–Trinajstić information content (AvgIpc) is 2.75. The second-order valence-electron chi connectivity index (χ2n) is 4.25. The molecule has 0 aliphatic rings. The molecule has 19 heavy (non-hydrogen) atoms. The Kier molecular flexibility index (Phi) is 3.24. The SMILES string of the molecule is Nc1cc(Br)ccc1Nc1c[nH]c2ccc(Br)cc12. The molecule has 0 saturated carbocycles. The first-order valence-electron chi connectivity index (χ1n) is 5.72. The van der Waals surface area contributed by atoms with E-state index in [1.54, 1.807) is 0 Å². The summed E-state index contributed by atoms with van der Waals surface area (Å²) in [6.07, 6.45) is 1.94. The number of nitrogen functional groups attached to an aromatic ring is 1. The van der Waals surface area contributed by atoms with Crippen LogP contribution in [-0.2, 0) is 0 Å². The number of benzene rings is 2. The second-order valence-corrected chi connectivity index (χ2v) is 6.08. The lowest BCUT2D eigenvalue weighted by Crippen LogP contribution is -1.95. The zero-order valence-electron chi connectivity index (χ0n) is 9.87. The van der Waals surface area contributed by atoms with Crippen LogP contribution in [0.1, 0.15) is 0 Å². The molecule has 0 amide bonds. The molecule has 1 heterocycles. The summed E-state index contributed by atoms with van der Waals surface area (Å²) in [5, 5.41) is 4.47. The van der Waals surface area contributed by atoms with Gasteiger partial charge >= 0.3 is 0 Å². The van der Waals surface area contributed by atoms with E-state index < -0.39 is 0 Å². The summed E-state index contributed by atoms with van der Waals surface area (Å²) in [5.41, 5.74) is 9.69. The lowest BCUT2D eigenvalue weighted by atomic mass is 10.2. The van der Waals surface area contributed by atoms with Crippen LogP contribution in [0.5, 0.6) is 0 Å². The van der Waals surface area contributed by atoms with Crippen molar-refractivity contribution in [3.8, 4) is 0 Å². The fourth-order valence-electron chi connectivity index (χ4n) is 1.99. The number of H-pyrrole nitrogens is 1. The fourth-order valence-corrected chi connectivity index (χ4v) is 2.73. The monoisotopic (exact) mass is 379 g/mol. The van der Waals surface area contributed by atoms with Gasteiger partial charge in [0.15, 0.2) is 0 Å². The highest BCUT2D eigenvalue weighted by Crippen LogP contribution is 2.31. The molecule has 0 spiro atoms. The maximum absolute atomic E-state index is 6.00. The number of aromatic amines is 1. The number of halogens is 2. The molecule has 0 fully saturated rings. The van der Waals surface area contributed by atoms with Crippen molar-refractivity contribution in [1.29, 1.82) is 0 Å². The van der Waals surface area contributed by atoms with E-state index in [9.17, 15) is 0 Å². The second kappa shape index (κ2) is 4.90. The molecule has 0 unspecified atom stereocenters. The molecular weight excluding hydrogens is 370 g/mol. The van der Waals surface area contributed by atoms with Gasteiger partial charge in [-0.25, -0.2) is 0 Å². The number of anilines is 3. The van der Waals surface area contributed by atoms with Crippen LogP contribution in [-0.4, -0.2) is 4.98 Å². The molecule has 0 bridgehead atoms. The Morgan fingerprint density at radius 3 is 2.47 bits per heavy atom. The zero-order valence-corrected chi connectivity index (χ0v) is 13.0. The molecule has 96 valence electrons. The van der Waals surface area contributed by atoms with Crippen LogP contribution in [0.15, 0.2) is 51.5 Å². The molecular formula is C14H11Br2N3. The van der Waals surface area contributed by atoms with Crippen molar-refractivity contribution in [1.82, 2.24) is 4.98 Å². The standard InChI is InChI=1S/C14H11Br2N3/c15-8-1-3-12-10(5-8)14(7-18-12)19-13-4-2-9(16)6-11(13)17/h1-7,18-19H,17H2.